The molecule has 1 aliphatic heterocycles. The van der Waals surface area contributed by atoms with Crippen molar-refractivity contribution in [2.75, 3.05) is 26.9 Å². The van der Waals surface area contributed by atoms with Gasteiger partial charge in [-0.05, 0) is 25.8 Å². The number of methoxy groups -OCH3 is 1. The maximum absolute atomic E-state index is 12.4. The molecule has 1 heterocycles. The predicted octanol–water partition coefficient (Wildman–Crippen LogP) is 2.44. The van der Waals surface area contributed by atoms with Gasteiger partial charge in [-0.3, -0.25) is 4.79 Å². The van der Waals surface area contributed by atoms with E-state index in [0.29, 0.717) is 19.1 Å². The second-order valence-electron chi connectivity index (χ2n) is 5.69. The molecule has 4 heteroatoms. The van der Waals surface area contributed by atoms with E-state index in [1.54, 1.807) is 7.11 Å². The van der Waals surface area contributed by atoms with E-state index in [1.165, 1.54) is 5.56 Å². The van der Waals surface area contributed by atoms with Crippen LogP contribution in [0.5, 0.6) is 0 Å². The van der Waals surface area contributed by atoms with Crippen molar-refractivity contribution in [3.8, 4) is 0 Å². The molecule has 0 N–H and O–H groups in total. The van der Waals surface area contributed by atoms with Crippen LogP contribution in [0.25, 0.3) is 0 Å². The lowest BCUT2D eigenvalue weighted by molar-refractivity contribution is -0.139. The normalized spacial score (nSPS) is 25.3. The molecule has 116 valence electrons. The van der Waals surface area contributed by atoms with Gasteiger partial charge in [0.15, 0.2) is 0 Å². The van der Waals surface area contributed by atoms with Crippen molar-refractivity contribution in [1.82, 2.24) is 4.90 Å². The van der Waals surface area contributed by atoms with E-state index in [2.05, 4.69) is 38.1 Å². The number of rotatable bonds is 6. The molecular weight excluding hydrogens is 266 g/mol. The molecule has 0 aliphatic carbocycles. The van der Waals surface area contributed by atoms with Crippen LogP contribution < -0.4 is 0 Å². The Bertz CT molecular complexity index is 449. The van der Waals surface area contributed by atoms with Crippen molar-refractivity contribution in [2.24, 2.45) is 0 Å². The highest BCUT2D eigenvalue weighted by molar-refractivity contribution is 5.78. The summed E-state index contributed by atoms with van der Waals surface area (Å²) in [4.78, 5) is 14.3. The molecule has 0 saturated carbocycles. The summed E-state index contributed by atoms with van der Waals surface area (Å²) in [5.41, 5.74) is 1.31. The Balaban J connectivity index is 1.96. The topological polar surface area (TPSA) is 38.8 Å². The number of hydrogen-bond acceptors (Lipinski definition) is 3. The zero-order chi connectivity index (χ0) is 15.2. The zero-order valence-electron chi connectivity index (χ0n) is 13.1. The molecule has 21 heavy (non-hydrogen) atoms. The van der Waals surface area contributed by atoms with E-state index in [-0.39, 0.29) is 24.6 Å². The first kappa shape index (κ1) is 16.0. The van der Waals surface area contributed by atoms with Crippen LogP contribution in [-0.2, 0) is 14.3 Å². The minimum Gasteiger partial charge on any atom is -0.382 e. The molecule has 0 spiro atoms. The Morgan fingerprint density at radius 1 is 1.24 bits per heavy atom. The molecule has 0 bridgehead atoms. The standard InChI is InChI=1S/C17H25NO3/c1-13-11-16(15-7-5-4-6-8-15)14(2)18(13)17(19)12-21-10-9-20-3/h4-8,13-14,16H,9-12H2,1-3H3. The van der Waals surface area contributed by atoms with Crippen molar-refractivity contribution in [3.63, 3.8) is 0 Å². The molecular formula is C17H25NO3. The number of nitrogens with zero attached hydrogens (tertiary/aromatic N) is 1. The SMILES string of the molecule is COCCOCC(=O)N1C(C)CC(c2ccccc2)C1C. The summed E-state index contributed by atoms with van der Waals surface area (Å²) in [6.45, 7) is 5.37. The number of carbonyl (C=O) groups is 1. The van der Waals surface area contributed by atoms with Crippen LogP contribution in [0.1, 0.15) is 31.7 Å². The van der Waals surface area contributed by atoms with Crippen molar-refractivity contribution in [3.05, 3.63) is 35.9 Å². The van der Waals surface area contributed by atoms with Gasteiger partial charge in [-0.2, -0.15) is 0 Å². The highest BCUT2D eigenvalue weighted by atomic mass is 16.5. The van der Waals surface area contributed by atoms with Crippen LogP contribution in [0.3, 0.4) is 0 Å². The van der Waals surface area contributed by atoms with Crippen molar-refractivity contribution in [2.45, 2.75) is 38.3 Å². The maximum Gasteiger partial charge on any atom is 0.249 e. The van der Waals surface area contributed by atoms with E-state index in [9.17, 15) is 4.79 Å². The minimum atomic E-state index is 0.0736. The molecule has 3 atom stereocenters. The van der Waals surface area contributed by atoms with Gasteiger partial charge in [0.05, 0.1) is 13.2 Å². The minimum absolute atomic E-state index is 0.0736. The first-order chi connectivity index (χ1) is 10.1. The smallest absolute Gasteiger partial charge is 0.249 e. The first-order valence-corrected chi connectivity index (χ1v) is 7.58. The molecule has 0 aromatic heterocycles. The van der Waals surface area contributed by atoms with Gasteiger partial charge in [-0.1, -0.05) is 30.3 Å². The van der Waals surface area contributed by atoms with Gasteiger partial charge >= 0.3 is 0 Å². The quantitative estimate of drug-likeness (QED) is 0.756. The molecule has 1 fully saturated rings. The summed E-state index contributed by atoms with van der Waals surface area (Å²) in [7, 11) is 1.63. The lowest BCUT2D eigenvalue weighted by atomic mass is 9.92. The molecule has 3 unspecified atom stereocenters. The van der Waals surface area contributed by atoms with Gasteiger partial charge in [0.1, 0.15) is 6.61 Å². The molecule has 0 radical (unpaired) electrons. The first-order valence-electron chi connectivity index (χ1n) is 7.58. The van der Waals surface area contributed by atoms with Crippen molar-refractivity contribution in [1.29, 1.82) is 0 Å². The number of benzene rings is 1. The summed E-state index contributed by atoms with van der Waals surface area (Å²) in [6, 6.07) is 10.9. The fourth-order valence-corrected chi connectivity index (χ4v) is 3.24. The van der Waals surface area contributed by atoms with Crippen LogP contribution >= 0.6 is 0 Å². The van der Waals surface area contributed by atoms with Crippen LogP contribution in [0, 0.1) is 0 Å². The lowest BCUT2D eigenvalue weighted by Crippen LogP contribution is -2.41. The molecule has 1 saturated heterocycles. The van der Waals surface area contributed by atoms with Crippen LogP contribution in [0.15, 0.2) is 30.3 Å². The Kier molecular flexibility index (Phi) is 5.76. The van der Waals surface area contributed by atoms with E-state index >= 15 is 0 Å². The molecule has 1 aromatic rings. The average molecular weight is 291 g/mol. The van der Waals surface area contributed by atoms with Crippen molar-refractivity contribution < 1.29 is 14.3 Å². The molecule has 1 amide bonds. The monoisotopic (exact) mass is 291 g/mol. The van der Waals surface area contributed by atoms with Crippen LogP contribution in [0.2, 0.25) is 0 Å². The van der Waals surface area contributed by atoms with Gasteiger partial charge in [0.25, 0.3) is 0 Å². The van der Waals surface area contributed by atoms with E-state index in [0.717, 1.165) is 6.42 Å². The van der Waals surface area contributed by atoms with E-state index in [4.69, 9.17) is 9.47 Å². The molecule has 1 aliphatic rings. The third-order valence-corrected chi connectivity index (χ3v) is 4.26. The molecule has 1 aromatic carbocycles. The van der Waals surface area contributed by atoms with Gasteiger partial charge in [0.2, 0.25) is 5.91 Å². The van der Waals surface area contributed by atoms with Gasteiger partial charge in [0, 0.05) is 25.1 Å². The number of amides is 1. The van der Waals surface area contributed by atoms with Gasteiger partial charge < -0.3 is 14.4 Å². The zero-order valence-corrected chi connectivity index (χ0v) is 13.1. The summed E-state index contributed by atoms with van der Waals surface area (Å²) in [5, 5.41) is 0. The second kappa shape index (κ2) is 7.57. The van der Waals surface area contributed by atoms with Gasteiger partial charge in [-0.15, -0.1) is 0 Å². The molecule has 4 nitrogen and oxygen atoms in total. The summed E-state index contributed by atoms with van der Waals surface area (Å²) in [5.74, 6) is 0.480. The Hall–Kier alpha value is -1.39. The third-order valence-electron chi connectivity index (χ3n) is 4.26. The number of likely N-dealkylation sites (tertiary alicyclic amines) is 1. The number of carbonyl (C=O) groups excluding carboxylic acids is 1. The third kappa shape index (κ3) is 3.83. The van der Waals surface area contributed by atoms with Crippen LogP contribution in [-0.4, -0.2) is 49.8 Å². The predicted molar refractivity (Wildman–Crippen MR) is 82.3 cm³/mol. The number of ether oxygens (including phenoxy) is 2. The lowest BCUT2D eigenvalue weighted by Gasteiger charge is -2.28. The summed E-state index contributed by atoms with van der Waals surface area (Å²) in [6.07, 6.45) is 1.01. The highest BCUT2D eigenvalue weighted by Crippen LogP contribution is 2.37. The largest absolute Gasteiger partial charge is 0.382 e. The fraction of sp³-hybridized carbons (Fsp3) is 0.588. The summed E-state index contributed by atoms with van der Waals surface area (Å²) < 4.78 is 10.3. The van der Waals surface area contributed by atoms with E-state index < -0.39 is 0 Å². The Morgan fingerprint density at radius 3 is 2.62 bits per heavy atom. The summed E-state index contributed by atoms with van der Waals surface area (Å²) >= 11 is 0. The van der Waals surface area contributed by atoms with Crippen LogP contribution in [0.4, 0.5) is 0 Å². The van der Waals surface area contributed by atoms with E-state index in [1.807, 2.05) is 11.0 Å². The number of hydrogen-bond donors (Lipinski definition) is 0. The molecule has 2 rings (SSSR count). The average Bonchev–Trinajstić information content (AvgIpc) is 2.79. The van der Waals surface area contributed by atoms with Gasteiger partial charge in [-0.25, -0.2) is 0 Å². The van der Waals surface area contributed by atoms with Crippen molar-refractivity contribution >= 4 is 5.91 Å². The maximum atomic E-state index is 12.4. The Morgan fingerprint density at radius 2 is 1.95 bits per heavy atom. The Labute approximate surface area is 127 Å². The second-order valence-corrected chi connectivity index (χ2v) is 5.69. The fourth-order valence-electron chi connectivity index (χ4n) is 3.24. The highest BCUT2D eigenvalue weighted by Gasteiger charge is 2.39.